The fraction of sp³-hybridized carbons (Fsp3) is 0.571. The van der Waals surface area contributed by atoms with E-state index in [4.69, 9.17) is 0 Å². The molecule has 3 unspecified atom stereocenters. The lowest BCUT2D eigenvalue weighted by molar-refractivity contribution is -0.384. The number of nitrogens with zero attached hydrogens (tertiary/aromatic N) is 1. The molecule has 4 nitrogen and oxygen atoms in total. The van der Waals surface area contributed by atoms with E-state index in [-0.39, 0.29) is 10.6 Å². The third kappa shape index (κ3) is 2.19. The van der Waals surface area contributed by atoms with Gasteiger partial charge in [-0.05, 0) is 43.1 Å². The number of nitro groups is 1. The average Bonchev–Trinajstić information content (AvgIpc) is 2.99. The summed E-state index contributed by atoms with van der Waals surface area (Å²) in [5.74, 6) is 2.61. The van der Waals surface area contributed by atoms with Crippen LogP contribution < -0.4 is 5.32 Å². The number of nitrogens with one attached hydrogen (secondary N) is 1. The second-order valence-corrected chi connectivity index (χ2v) is 5.62. The molecular formula is C14H18N2O2. The van der Waals surface area contributed by atoms with Crippen molar-refractivity contribution >= 4 is 11.4 Å². The quantitative estimate of drug-likeness (QED) is 0.654. The maximum atomic E-state index is 10.7. The van der Waals surface area contributed by atoms with Crippen molar-refractivity contribution in [3.05, 3.63) is 34.4 Å². The molecule has 2 fully saturated rings. The predicted octanol–water partition coefficient (Wildman–Crippen LogP) is 3.44. The van der Waals surface area contributed by atoms with Crippen LogP contribution in [0, 0.1) is 27.9 Å². The molecular weight excluding hydrogens is 228 g/mol. The Morgan fingerprint density at radius 2 is 2.22 bits per heavy atom. The first-order valence-electron chi connectivity index (χ1n) is 6.70. The van der Waals surface area contributed by atoms with Crippen LogP contribution in [0.5, 0.6) is 0 Å². The summed E-state index contributed by atoms with van der Waals surface area (Å²) in [4.78, 5) is 10.4. The predicted molar refractivity (Wildman–Crippen MR) is 70.5 cm³/mol. The number of anilines is 1. The van der Waals surface area contributed by atoms with Gasteiger partial charge < -0.3 is 5.32 Å². The molecule has 0 heterocycles. The number of hydrogen-bond acceptors (Lipinski definition) is 3. The minimum Gasteiger partial charge on any atom is -0.385 e. The number of hydrogen-bond donors (Lipinski definition) is 1. The molecule has 0 aromatic heterocycles. The molecule has 18 heavy (non-hydrogen) atoms. The van der Waals surface area contributed by atoms with Gasteiger partial charge in [0.2, 0.25) is 0 Å². The van der Waals surface area contributed by atoms with Crippen LogP contribution in [0.4, 0.5) is 11.4 Å². The summed E-state index contributed by atoms with van der Waals surface area (Å²) in [5, 5.41) is 14.1. The van der Waals surface area contributed by atoms with Gasteiger partial charge in [0.15, 0.2) is 0 Å². The van der Waals surface area contributed by atoms with Crippen LogP contribution in [0.1, 0.15) is 25.7 Å². The molecule has 1 N–H and O–H groups in total. The van der Waals surface area contributed by atoms with Gasteiger partial charge in [0.1, 0.15) is 0 Å². The topological polar surface area (TPSA) is 55.2 Å². The van der Waals surface area contributed by atoms with Crippen LogP contribution in [0.15, 0.2) is 24.3 Å². The summed E-state index contributed by atoms with van der Waals surface area (Å²) >= 11 is 0. The Morgan fingerprint density at radius 3 is 2.89 bits per heavy atom. The summed E-state index contributed by atoms with van der Waals surface area (Å²) in [6, 6.07) is 6.79. The molecule has 0 aliphatic heterocycles. The Bertz CT molecular complexity index is 461. The van der Waals surface area contributed by atoms with Gasteiger partial charge in [0.25, 0.3) is 5.69 Å². The van der Waals surface area contributed by atoms with Gasteiger partial charge in [-0.25, -0.2) is 0 Å². The van der Waals surface area contributed by atoms with Gasteiger partial charge in [0, 0.05) is 24.4 Å². The lowest BCUT2D eigenvalue weighted by Gasteiger charge is -2.22. The van der Waals surface area contributed by atoms with E-state index >= 15 is 0 Å². The molecule has 96 valence electrons. The van der Waals surface area contributed by atoms with E-state index in [9.17, 15) is 10.1 Å². The molecule has 3 rings (SSSR count). The van der Waals surface area contributed by atoms with Crippen molar-refractivity contribution in [3.63, 3.8) is 0 Å². The number of fused-ring (bicyclic) bond motifs is 2. The molecule has 2 bridgehead atoms. The SMILES string of the molecule is O=[N+]([O-])c1cccc(NCC2CC3CCC2C3)c1. The molecule has 3 atom stereocenters. The third-order valence-corrected chi connectivity index (χ3v) is 4.51. The Balaban J connectivity index is 1.60. The highest BCUT2D eigenvalue weighted by molar-refractivity contribution is 5.50. The van der Waals surface area contributed by atoms with E-state index < -0.39 is 0 Å². The van der Waals surface area contributed by atoms with E-state index in [1.54, 1.807) is 12.1 Å². The molecule has 0 spiro atoms. The zero-order chi connectivity index (χ0) is 12.5. The minimum absolute atomic E-state index is 0.160. The first kappa shape index (κ1) is 11.5. The molecule has 2 saturated carbocycles. The van der Waals surface area contributed by atoms with Gasteiger partial charge in [0.05, 0.1) is 4.92 Å². The van der Waals surface area contributed by atoms with Crippen molar-refractivity contribution in [3.8, 4) is 0 Å². The van der Waals surface area contributed by atoms with Crippen molar-refractivity contribution in [1.29, 1.82) is 0 Å². The van der Waals surface area contributed by atoms with Gasteiger partial charge in [-0.3, -0.25) is 10.1 Å². The van der Waals surface area contributed by atoms with Crippen LogP contribution in [0.2, 0.25) is 0 Å². The fourth-order valence-corrected chi connectivity index (χ4v) is 3.60. The number of non-ortho nitro benzene ring substituents is 1. The number of nitro benzene ring substituents is 1. The maximum Gasteiger partial charge on any atom is 0.271 e. The largest absolute Gasteiger partial charge is 0.385 e. The summed E-state index contributed by atoms with van der Waals surface area (Å²) < 4.78 is 0. The molecule has 0 saturated heterocycles. The Morgan fingerprint density at radius 1 is 1.33 bits per heavy atom. The summed E-state index contributed by atoms with van der Waals surface area (Å²) in [5.41, 5.74) is 1.03. The van der Waals surface area contributed by atoms with Crippen LogP contribution >= 0.6 is 0 Å². The molecule has 4 heteroatoms. The van der Waals surface area contributed by atoms with Gasteiger partial charge in [-0.1, -0.05) is 12.5 Å². The van der Waals surface area contributed by atoms with Gasteiger partial charge in [-0.2, -0.15) is 0 Å². The second-order valence-electron chi connectivity index (χ2n) is 5.62. The summed E-state index contributed by atoms with van der Waals surface area (Å²) in [7, 11) is 0. The lowest BCUT2D eigenvalue weighted by atomic mass is 9.89. The van der Waals surface area contributed by atoms with Crippen molar-refractivity contribution in [2.45, 2.75) is 25.7 Å². The standard InChI is InChI=1S/C14H18N2O2/c17-16(18)14-3-1-2-13(8-14)15-9-12-7-10-4-5-11(12)6-10/h1-3,8,10-12,15H,4-7,9H2. The molecule has 1 aromatic carbocycles. The first-order valence-corrected chi connectivity index (χ1v) is 6.70. The fourth-order valence-electron chi connectivity index (χ4n) is 3.60. The Labute approximate surface area is 107 Å². The van der Waals surface area contributed by atoms with Gasteiger partial charge >= 0.3 is 0 Å². The van der Waals surface area contributed by atoms with E-state index in [1.165, 1.54) is 31.7 Å². The van der Waals surface area contributed by atoms with E-state index in [0.29, 0.717) is 0 Å². The summed E-state index contributed by atoms with van der Waals surface area (Å²) in [6.07, 6.45) is 5.54. The smallest absolute Gasteiger partial charge is 0.271 e. The van der Waals surface area contributed by atoms with Gasteiger partial charge in [-0.15, -0.1) is 0 Å². The van der Waals surface area contributed by atoms with Crippen molar-refractivity contribution in [1.82, 2.24) is 0 Å². The molecule has 0 radical (unpaired) electrons. The summed E-state index contributed by atoms with van der Waals surface area (Å²) in [6.45, 7) is 0.961. The first-order chi connectivity index (χ1) is 8.72. The monoisotopic (exact) mass is 246 g/mol. The van der Waals surface area contributed by atoms with E-state index in [0.717, 1.165) is 30.0 Å². The minimum atomic E-state index is -0.345. The lowest BCUT2D eigenvalue weighted by Crippen LogP contribution is -2.20. The number of rotatable bonds is 4. The van der Waals surface area contributed by atoms with Crippen LogP contribution in [0.3, 0.4) is 0 Å². The van der Waals surface area contributed by atoms with Crippen LogP contribution in [-0.4, -0.2) is 11.5 Å². The highest BCUT2D eigenvalue weighted by Crippen LogP contribution is 2.48. The Hall–Kier alpha value is -1.58. The van der Waals surface area contributed by atoms with Crippen molar-refractivity contribution < 1.29 is 4.92 Å². The normalized spacial score (nSPS) is 29.4. The molecule has 1 aromatic rings. The van der Waals surface area contributed by atoms with Crippen LogP contribution in [-0.2, 0) is 0 Å². The molecule has 0 amide bonds. The molecule has 2 aliphatic rings. The average molecular weight is 246 g/mol. The molecule has 2 aliphatic carbocycles. The van der Waals surface area contributed by atoms with Crippen LogP contribution in [0.25, 0.3) is 0 Å². The number of benzene rings is 1. The zero-order valence-corrected chi connectivity index (χ0v) is 10.3. The van der Waals surface area contributed by atoms with E-state index in [1.807, 2.05) is 6.07 Å². The van der Waals surface area contributed by atoms with E-state index in [2.05, 4.69) is 5.32 Å². The van der Waals surface area contributed by atoms with Crippen molar-refractivity contribution in [2.75, 3.05) is 11.9 Å². The Kier molecular flexibility index (Phi) is 2.94. The second kappa shape index (κ2) is 4.59. The highest BCUT2D eigenvalue weighted by Gasteiger charge is 2.38. The third-order valence-electron chi connectivity index (χ3n) is 4.51. The maximum absolute atomic E-state index is 10.7. The highest BCUT2D eigenvalue weighted by atomic mass is 16.6. The zero-order valence-electron chi connectivity index (χ0n) is 10.3. The van der Waals surface area contributed by atoms with Crippen molar-refractivity contribution in [2.24, 2.45) is 17.8 Å².